The van der Waals surface area contributed by atoms with E-state index in [4.69, 9.17) is 0 Å². The molecular formula is C11H18N2S. The highest BCUT2D eigenvalue weighted by atomic mass is 32.2. The number of thioether (sulfide) groups is 1. The van der Waals surface area contributed by atoms with Crippen molar-refractivity contribution in [2.75, 3.05) is 7.05 Å². The van der Waals surface area contributed by atoms with E-state index >= 15 is 0 Å². The van der Waals surface area contributed by atoms with Gasteiger partial charge in [-0.25, -0.2) is 4.98 Å². The van der Waals surface area contributed by atoms with Gasteiger partial charge in [-0.1, -0.05) is 26.8 Å². The molecule has 0 bridgehead atoms. The number of hydrogen-bond donors (Lipinski definition) is 1. The summed E-state index contributed by atoms with van der Waals surface area (Å²) >= 11 is 1.80. The highest BCUT2D eigenvalue weighted by molar-refractivity contribution is 8.00. The van der Waals surface area contributed by atoms with Crippen LogP contribution in [0.2, 0.25) is 0 Å². The molecule has 0 saturated carbocycles. The third-order valence-corrected chi connectivity index (χ3v) is 2.65. The molecule has 1 N–H and O–H groups in total. The van der Waals surface area contributed by atoms with Crippen LogP contribution in [0.5, 0.6) is 0 Å². The van der Waals surface area contributed by atoms with Crippen molar-refractivity contribution in [3.8, 4) is 0 Å². The summed E-state index contributed by atoms with van der Waals surface area (Å²) in [6.07, 6.45) is 1.94. The Balaban J connectivity index is 2.64. The van der Waals surface area contributed by atoms with Gasteiger partial charge in [0.15, 0.2) is 0 Å². The molecular weight excluding hydrogens is 192 g/mol. The van der Waals surface area contributed by atoms with E-state index in [-0.39, 0.29) is 4.75 Å². The van der Waals surface area contributed by atoms with Gasteiger partial charge in [0.25, 0.3) is 0 Å². The zero-order chi connectivity index (χ0) is 10.6. The average Bonchev–Trinajstić information content (AvgIpc) is 2.06. The average molecular weight is 210 g/mol. The van der Waals surface area contributed by atoms with Crippen molar-refractivity contribution >= 4 is 11.8 Å². The SMILES string of the molecule is CNCc1ccc(SC(C)(C)C)nc1. The molecule has 3 heteroatoms. The maximum atomic E-state index is 4.41. The van der Waals surface area contributed by atoms with E-state index < -0.39 is 0 Å². The van der Waals surface area contributed by atoms with Crippen molar-refractivity contribution < 1.29 is 0 Å². The molecule has 0 radical (unpaired) electrons. The van der Waals surface area contributed by atoms with Gasteiger partial charge < -0.3 is 5.32 Å². The molecule has 0 saturated heterocycles. The van der Waals surface area contributed by atoms with Crippen LogP contribution in [0.1, 0.15) is 26.3 Å². The summed E-state index contributed by atoms with van der Waals surface area (Å²) < 4.78 is 0.234. The number of hydrogen-bond acceptors (Lipinski definition) is 3. The normalized spacial score (nSPS) is 11.7. The van der Waals surface area contributed by atoms with Crippen LogP contribution < -0.4 is 5.32 Å². The standard InChI is InChI=1S/C11H18N2S/c1-11(2,3)14-10-6-5-9(7-12-4)8-13-10/h5-6,8,12H,7H2,1-4H3. The minimum absolute atomic E-state index is 0.234. The minimum Gasteiger partial charge on any atom is -0.316 e. The fourth-order valence-corrected chi connectivity index (χ4v) is 1.96. The molecule has 1 aromatic rings. The van der Waals surface area contributed by atoms with Crippen LogP contribution in [0.15, 0.2) is 23.4 Å². The van der Waals surface area contributed by atoms with Gasteiger partial charge in [-0.05, 0) is 18.7 Å². The first-order valence-electron chi connectivity index (χ1n) is 4.80. The minimum atomic E-state index is 0.234. The highest BCUT2D eigenvalue weighted by Gasteiger charge is 2.12. The Morgan fingerprint density at radius 1 is 1.36 bits per heavy atom. The maximum absolute atomic E-state index is 4.41. The van der Waals surface area contributed by atoms with Crippen molar-refractivity contribution in [3.05, 3.63) is 23.9 Å². The first-order valence-corrected chi connectivity index (χ1v) is 5.61. The summed E-state index contributed by atoms with van der Waals surface area (Å²) in [5, 5.41) is 4.20. The van der Waals surface area contributed by atoms with Gasteiger partial charge in [0.05, 0.1) is 5.03 Å². The number of rotatable bonds is 3. The summed E-state index contributed by atoms with van der Waals surface area (Å²) in [4.78, 5) is 4.41. The predicted octanol–water partition coefficient (Wildman–Crippen LogP) is 2.69. The fourth-order valence-electron chi connectivity index (χ4n) is 1.09. The Morgan fingerprint density at radius 2 is 2.07 bits per heavy atom. The lowest BCUT2D eigenvalue weighted by atomic mass is 10.3. The molecule has 2 nitrogen and oxygen atoms in total. The van der Waals surface area contributed by atoms with Crippen LogP contribution in [-0.4, -0.2) is 16.8 Å². The van der Waals surface area contributed by atoms with E-state index in [0.29, 0.717) is 0 Å². The summed E-state index contributed by atoms with van der Waals surface area (Å²) in [6.45, 7) is 7.47. The monoisotopic (exact) mass is 210 g/mol. The molecule has 0 aliphatic rings. The van der Waals surface area contributed by atoms with Crippen LogP contribution in [-0.2, 0) is 6.54 Å². The molecule has 1 aromatic heterocycles. The van der Waals surface area contributed by atoms with Gasteiger partial charge in [0.2, 0.25) is 0 Å². The zero-order valence-electron chi connectivity index (χ0n) is 9.29. The molecule has 1 rings (SSSR count). The van der Waals surface area contributed by atoms with E-state index in [1.165, 1.54) is 5.56 Å². The number of aromatic nitrogens is 1. The predicted molar refractivity (Wildman–Crippen MR) is 62.6 cm³/mol. The molecule has 14 heavy (non-hydrogen) atoms. The lowest BCUT2D eigenvalue weighted by Gasteiger charge is -2.16. The Labute approximate surface area is 90.5 Å². The largest absolute Gasteiger partial charge is 0.316 e. The van der Waals surface area contributed by atoms with Crippen molar-refractivity contribution in [2.45, 2.75) is 37.1 Å². The quantitative estimate of drug-likeness (QED) is 0.776. The van der Waals surface area contributed by atoms with Gasteiger partial charge in [0, 0.05) is 17.5 Å². The lowest BCUT2D eigenvalue weighted by molar-refractivity contribution is 0.794. The molecule has 0 amide bonds. The summed E-state index contributed by atoms with van der Waals surface area (Å²) in [6, 6.07) is 4.21. The third kappa shape index (κ3) is 4.11. The van der Waals surface area contributed by atoms with Crippen LogP contribution in [0, 0.1) is 0 Å². The second kappa shape index (κ2) is 4.80. The van der Waals surface area contributed by atoms with Gasteiger partial charge in [0.1, 0.15) is 0 Å². The Bertz CT molecular complexity index is 274. The van der Waals surface area contributed by atoms with Gasteiger partial charge in [-0.15, -0.1) is 11.8 Å². The van der Waals surface area contributed by atoms with E-state index in [1.54, 1.807) is 11.8 Å². The first-order chi connectivity index (χ1) is 6.51. The Morgan fingerprint density at radius 3 is 2.50 bits per heavy atom. The topological polar surface area (TPSA) is 24.9 Å². The lowest BCUT2D eigenvalue weighted by Crippen LogP contribution is -2.08. The second-order valence-electron chi connectivity index (χ2n) is 4.25. The molecule has 0 fully saturated rings. The van der Waals surface area contributed by atoms with Crippen LogP contribution >= 0.6 is 11.8 Å². The Hall–Kier alpha value is -0.540. The van der Waals surface area contributed by atoms with E-state index in [0.717, 1.165) is 11.6 Å². The van der Waals surface area contributed by atoms with Gasteiger partial charge in [-0.2, -0.15) is 0 Å². The summed E-state index contributed by atoms with van der Waals surface area (Å²) in [7, 11) is 1.94. The summed E-state index contributed by atoms with van der Waals surface area (Å²) in [5.41, 5.74) is 1.23. The van der Waals surface area contributed by atoms with Crippen molar-refractivity contribution in [3.63, 3.8) is 0 Å². The molecule has 0 aromatic carbocycles. The van der Waals surface area contributed by atoms with Crippen LogP contribution in [0.4, 0.5) is 0 Å². The first kappa shape index (κ1) is 11.5. The molecule has 0 atom stereocenters. The van der Waals surface area contributed by atoms with E-state index in [9.17, 15) is 0 Å². The van der Waals surface area contributed by atoms with Crippen LogP contribution in [0.25, 0.3) is 0 Å². The molecule has 0 unspecified atom stereocenters. The zero-order valence-corrected chi connectivity index (χ0v) is 10.1. The maximum Gasteiger partial charge on any atom is 0.0965 e. The molecule has 0 aliphatic carbocycles. The molecule has 0 spiro atoms. The number of nitrogens with one attached hydrogen (secondary N) is 1. The van der Waals surface area contributed by atoms with Crippen molar-refractivity contribution in [1.29, 1.82) is 0 Å². The van der Waals surface area contributed by atoms with Crippen LogP contribution in [0.3, 0.4) is 0 Å². The molecule has 0 aliphatic heterocycles. The molecule has 78 valence electrons. The van der Waals surface area contributed by atoms with Crippen molar-refractivity contribution in [1.82, 2.24) is 10.3 Å². The Kier molecular flexibility index (Phi) is 3.96. The third-order valence-electron chi connectivity index (χ3n) is 1.59. The number of nitrogens with zero attached hydrogens (tertiary/aromatic N) is 1. The van der Waals surface area contributed by atoms with E-state index in [2.05, 4.69) is 43.2 Å². The van der Waals surface area contributed by atoms with Gasteiger partial charge >= 0.3 is 0 Å². The highest BCUT2D eigenvalue weighted by Crippen LogP contribution is 2.29. The fraction of sp³-hybridized carbons (Fsp3) is 0.545. The molecule has 1 heterocycles. The number of pyridine rings is 1. The smallest absolute Gasteiger partial charge is 0.0965 e. The van der Waals surface area contributed by atoms with Crippen molar-refractivity contribution in [2.24, 2.45) is 0 Å². The van der Waals surface area contributed by atoms with E-state index in [1.807, 2.05) is 13.2 Å². The van der Waals surface area contributed by atoms with Gasteiger partial charge in [-0.3, -0.25) is 0 Å². The second-order valence-corrected chi connectivity index (χ2v) is 6.10. The summed E-state index contributed by atoms with van der Waals surface area (Å²) in [5.74, 6) is 0.